The maximum Gasteiger partial charge on any atom is 0.135 e. The third kappa shape index (κ3) is 1.74. The molecule has 0 saturated heterocycles. The Morgan fingerprint density at radius 3 is 2.60 bits per heavy atom. The van der Waals surface area contributed by atoms with Gasteiger partial charge in [0.25, 0.3) is 0 Å². The topological polar surface area (TPSA) is 9.23 Å². The van der Waals surface area contributed by atoms with Crippen LogP contribution in [0.3, 0.4) is 0 Å². The number of hydrogen-bond acceptors (Lipinski definition) is 1. The molecule has 3 aromatic carbocycles. The zero-order valence-electron chi connectivity index (χ0n) is 14.8. The molecule has 1 heterocycles. The van der Waals surface area contributed by atoms with Crippen molar-refractivity contribution in [2.24, 2.45) is 0 Å². The lowest BCUT2D eigenvalue weighted by molar-refractivity contribution is 0.161. The lowest BCUT2D eigenvalue weighted by Crippen LogP contribution is -2.28. The molecule has 1 saturated carbocycles. The van der Waals surface area contributed by atoms with Crippen LogP contribution in [0.25, 0.3) is 27.6 Å². The highest BCUT2D eigenvalue weighted by Crippen LogP contribution is 2.60. The Bertz CT molecular complexity index is 1090. The van der Waals surface area contributed by atoms with Crippen molar-refractivity contribution < 1.29 is 4.74 Å². The number of rotatable bonds is 0. The summed E-state index contributed by atoms with van der Waals surface area (Å²) in [6.07, 6.45) is 8.60. The molecule has 0 spiro atoms. The predicted molar refractivity (Wildman–Crippen MR) is 105 cm³/mol. The zero-order chi connectivity index (χ0) is 16.8. The predicted octanol–water partition coefficient (Wildman–Crippen LogP) is 6.54. The van der Waals surface area contributed by atoms with Gasteiger partial charge in [0.2, 0.25) is 0 Å². The van der Waals surface area contributed by atoms with Crippen molar-refractivity contribution in [1.29, 1.82) is 0 Å². The molecule has 3 aromatic rings. The second-order valence-corrected chi connectivity index (χ2v) is 8.53. The normalized spacial score (nSPS) is 25.2. The van der Waals surface area contributed by atoms with Crippen LogP contribution in [0.5, 0.6) is 5.75 Å². The fraction of sp³-hybridized carbons (Fsp3) is 0.333. The summed E-state index contributed by atoms with van der Waals surface area (Å²) in [7, 11) is 0. The summed E-state index contributed by atoms with van der Waals surface area (Å²) in [4.78, 5) is 0. The summed E-state index contributed by atoms with van der Waals surface area (Å²) >= 11 is 0. The van der Waals surface area contributed by atoms with Crippen molar-refractivity contribution >= 4 is 27.6 Å². The highest BCUT2D eigenvalue weighted by atomic mass is 16.5. The van der Waals surface area contributed by atoms with E-state index in [1.807, 2.05) is 0 Å². The third-order valence-electron chi connectivity index (χ3n) is 6.53. The second kappa shape index (κ2) is 4.46. The van der Waals surface area contributed by atoms with Gasteiger partial charge in [-0.1, -0.05) is 36.4 Å². The largest absolute Gasteiger partial charge is 0.482 e. The van der Waals surface area contributed by atoms with Crippen LogP contribution >= 0.6 is 0 Å². The fourth-order valence-corrected chi connectivity index (χ4v) is 5.52. The lowest BCUT2D eigenvalue weighted by atomic mass is 9.81. The van der Waals surface area contributed by atoms with Crippen LogP contribution in [-0.4, -0.2) is 5.60 Å². The number of ether oxygens (including phenoxy) is 1. The standard InChI is InChI=1S/C24H22O/c1-24(2)12-11-19-20-15-7-8-16(13-15)21(20)22-17-6-4-3-5-14(17)9-10-18(22)23(19)25-24/h3-6,9-12,15-16H,7-8,13H2,1-2H3. The Kier molecular flexibility index (Phi) is 2.49. The fourth-order valence-electron chi connectivity index (χ4n) is 5.52. The maximum absolute atomic E-state index is 6.53. The van der Waals surface area contributed by atoms with Crippen LogP contribution in [0.15, 0.2) is 42.5 Å². The maximum atomic E-state index is 6.53. The van der Waals surface area contributed by atoms with Gasteiger partial charge in [-0.3, -0.25) is 0 Å². The number of hydrogen-bond donors (Lipinski definition) is 0. The van der Waals surface area contributed by atoms with Gasteiger partial charge in [-0.2, -0.15) is 0 Å². The minimum atomic E-state index is -0.239. The van der Waals surface area contributed by atoms with Crippen LogP contribution in [0, 0.1) is 0 Å². The van der Waals surface area contributed by atoms with Crippen molar-refractivity contribution in [1.82, 2.24) is 0 Å². The summed E-state index contributed by atoms with van der Waals surface area (Å²) in [5.41, 5.74) is 4.36. The Labute approximate surface area is 148 Å². The molecule has 0 N–H and O–H groups in total. The molecule has 2 bridgehead atoms. The van der Waals surface area contributed by atoms with Crippen LogP contribution in [0.1, 0.15) is 61.6 Å². The first-order valence-electron chi connectivity index (χ1n) is 9.52. The van der Waals surface area contributed by atoms with E-state index in [4.69, 9.17) is 4.74 Å². The van der Waals surface area contributed by atoms with E-state index in [2.05, 4.69) is 62.4 Å². The molecule has 124 valence electrons. The highest BCUT2D eigenvalue weighted by molar-refractivity contribution is 6.13. The molecule has 2 aliphatic carbocycles. The average molecular weight is 326 g/mol. The van der Waals surface area contributed by atoms with E-state index in [0.717, 1.165) is 17.6 Å². The molecule has 6 rings (SSSR count). The van der Waals surface area contributed by atoms with Crippen molar-refractivity contribution in [3.63, 3.8) is 0 Å². The van der Waals surface area contributed by atoms with Crippen molar-refractivity contribution in [3.05, 3.63) is 59.2 Å². The minimum Gasteiger partial charge on any atom is -0.482 e. The molecular weight excluding hydrogens is 304 g/mol. The van der Waals surface area contributed by atoms with Gasteiger partial charge in [-0.05, 0) is 84.4 Å². The number of benzene rings is 3. The van der Waals surface area contributed by atoms with Gasteiger partial charge < -0.3 is 4.74 Å². The van der Waals surface area contributed by atoms with Gasteiger partial charge in [0.05, 0.1) is 0 Å². The summed E-state index contributed by atoms with van der Waals surface area (Å²) in [5.74, 6) is 2.58. The highest BCUT2D eigenvalue weighted by Gasteiger charge is 2.42. The minimum absolute atomic E-state index is 0.239. The Hall–Kier alpha value is -2.28. The molecule has 1 nitrogen and oxygen atoms in total. The quantitative estimate of drug-likeness (QED) is 0.426. The van der Waals surface area contributed by atoms with Crippen LogP contribution in [-0.2, 0) is 0 Å². The van der Waals surface area contributed by atoms with Crippen molar-refractivity contribution in [2.45, 2.75) is 50.5 Å². The first-order valence-corrected chi connectivity index (χ1v) is 9.52. The smallest absolute Gasteiger partial charge is 0.135 e. The van der Waals surface area contributed by atoms with Crippen LogP contribution < -0.4 is 4.74 Å². The van der Waals surface area contributed by atoms with E-state index in [1.165, 1.54) is 46.4 Å². The van der Waals surface area contributed by atoms with E-state index in [1.54, 1.807) is 11.1 Å². The van der Waals surface area contributed by atoms with Crippen LogP contribution in [0.4, 0.5) is 0 Å². The molecule has 1 fully saturated rings. The molecular formula is C24H22O. The summed E-state index contributed by atoms with van der Waals surface area (Å²) in [5, 5.41) is 5.50. The van der Waals surface area contributed by atoms with Gasteiger partial charge >= 0.3 is 0 Å². The van der Waals surface area contributed by atoms with Crippen molar-refractivity contribution in [2.75, 3.05) is 0 Å². The van der Waals surface area contributed by atoms with E-state index < -0.39 is 0 Å². The first kappa shape index (κ1) is 13.9. The Balaban J connectivity index is 1.84. The van der Waals surface area contributed by atoms with E-state index in [0.29, 0.717) is 0 Å². The molecule has 0 aromatic heterocycles. The van der Waals surface area contributed by atoms with Crippen LogP contribution in [0.2, 0.25) is 0 Å². The molecule has 2 unspecified atom stereocenters. The molecule has 25 heavy (non-hydrogen) atoms. The van der Waals surface area contributed by atoms with Gasteiger partial charge in [-0.25, -0.2) is 0 Å². The van der Waals surface area contributed by atoms with Gasteiger partial charge in [0.1, 0.15) is 11.4 Å². The van der Waals surface area contributed by atoms with Gasteiger partial charge in [0.15, 0.2) is 0 Å². The number of fused-ring (bicyclic) bond motifs is 12. The average Bonchev–Trinajstić information content (AvgIpc) is 3.22. The van der Waals surface area contributed by atoms with Crippen molar-refractivity contribution in [3.8, 4) is 5.75 Å². The first-order chi connectivity index (χ1) is 12.1. The lowest BCUT2D eigenvalue weighted by Gasteiger charge is -2.32. The molecule has 3 aliphatic rings. The summed E-state index contributed by atoms with van der Waals surface area (Å²) in [6, 6.07) is 13.4. The SMILES string of the molecule is CC1(C)C=Cc2c3c(c4c(ccc5ccccc54)c2O1)C1CCC3C1. The monoisotopic (exact) mass is 326 g/mol. The van der Waals surface area contributed by atoms with Gasteiger partial charge in [0, 0.05) is 10.9 Å². The third-order valence-corrected chi connectivity index (χ3v) is 6.53. The molecule has 0 amide bonds. The Morgan fingerprint density at radius 2 is 1.72 bits per heavy atom. The summed E-state index contributed by atoms with van der Waals surface area (Å²) < 4.78 is 6.53. The van der Waals surface area contributed by atoms with E-state index >= 15 is 0 Å². The van der Waals surface area contributed by atoms with E-state index in [9.17, 15) is 0 Å². The van der Waals surface area contributed by atoms with Gasteiger partial charge in [-0.15, -0.1) is 0 Å². The molecule has 0 radical (unpaired) electrons. The zero-order valence-corrected chi connectivity index (χ0v) is 14.8. The molecule has 1 aliphatic heterocycles. The van der Waals surface area contributed by atoms with E-state index in [-0.39, 0.29) is 5.60 Å². The second-order valence-electron chi connectivity index (χ2n) is 8.53. The molecule has 1 heteroatoms. The molecule has 2 atom stereocenters. The summed E-state index contributed by atoms with van der Waals surface area (Å²) in [6.45, 7) is 4.30. The Morgan fingerprint density at radius 1 is 0.920 bits per heavy atom.